The van der Waals surface area contributed by atoms with Crippen molar-refractivity contribution in [3.63, 3.8) is 0 Å². The first-order chi connectivity index (χ1) is 8.93. The molecule has 7 heteroatoms. The molecule has 0 atom stereocenters. The van der Waals surface area contributed by atoms with E-state index in [0.29, 0.717) is 19.6 Å². The Morgan fingerprint density at radius 1 is 1.37 bits per heavy atom. The summed E-state index contributed by atoms with van der Waals surface area (Å²) in [5.74, 6) is 0. The van der Waals surface area contributed by atoms with Crippen LogP contribution in [0.2, 0.25) is 0 Å². The Hall–Kier alpha value is -1.76. The van der Waals surface area contributed by atoms with E-state index < -0.39 is 17.8 Å². The van der Waals surface area contributed by atoms with Crippen LogP contribution >= 0.6 is 0 Å². The molecule has 1 heterocycles. The second-order valence-electron chi connectivity index (χ2n) is 4.16. The predicted octanol–water partition coefficient (Wildman–Crippen LogP) is 2.51. The molecule has 0 spiro atoms. The maximum Gasteiger partial charge on any atom is 0.416 e. The lowest BCUT2D eigenvalue weighted by Gasteiger charge is -2.27. The van der Waals surface area contributed by atoms with Gasteiger partial charge in [0, 0.05) is 18.8 Å². The van der Waals surface area contributed by atoms with Crippen molar-refractivity contribution in [2.45, 2.75) is 19.1 Å². The minimum absolute atomic E-state index is 0.00151. The number of ether oxygens (including phenoxy) is 1. The Kier molecular flexibility index (Phi) is 3.66. The molecule has 0 saturated carbocycles. The average Bonchev–Trinajstić information content (AvgIpc) is 2.37. The number of anilines is 1. The van der Waals surface area contributed by atoms with Crippen LogP contribution in [0.15, 0.2) is 18.2 Å². The van der Waals surface area contributed by atoms with E-state index in [2.05, 4.69) is 0 Å². The topological polar surface area (TPSA) is 55.6 Å². The maximum absolute atomic E-state index is 12.9. The van der Waals surface area contributed by atoms with Crippen LogP contribution in [0.3, 0.4) is 0 Å². The number of carbonyl (C=O) groups excluding carboxylic acids is 1. The number of alkyl halides is 3. The van der Waals surface area contributed by atoms with Gasteiger partial charge in [0.05, 0.1) is 12.2 Å². The molecule has 19 heavy (non-hydrogen) atoms. The van der Waals surface area contributed by atoms with Gasteiger partial charge in [0.1, 0.15) is 0 Å². The molecule has 4 nitrogen and oxygen atoms in total. The minimum Gasteiger partial charge on any atom is -0.449 e. The van der Waals surface area contributed by atoms with E-state index in [1.54, 1.807) is 0 Å². The Balaban J connectivity index is 2.40. The summed E-state index contributed by atoms with van der Waals surface area (Å²) >= 11 is 0. The molecule has 1 aromatic carbocycles. The van der Waals surface area contributed by atoms with Crippen LogP contribution in [0.5, 0.6) is 0 Å². The highest BCUT2D eigenvalue weighted by Gasteiger charge is 2.34. The summed E-state index contributed by atoms with van der Waals surface area (Å²) < 4.78 is 43.5. The quantitative estimate of drug-likeness (QED) is 0.901. The summed E-state index contributed by atoms with van der Waals surface area (Å²) in [5.41, 5.74) is 4.66. The van der Waals surface area contributed by atoms with Gasteiger partial charge in [-0.25, -0.2) is 4.79 Å². The molecule has 1 aliphatic heterocycles. The number of carbonyl (C=O) groups is 1. The second-order valence-corrected chi connectivity index (χ2v) is 4.16. The van der Waals surface area contributed by atoms with Crippen LogP contribution in [-0.4, -0.2) is 19.2 Å². The molecule has 2 N–H and O–H groups in total. The standard InChI is InChI=1S/C12H13F3N2O2/c13-12(14,15)10-6-9(3-2-8(10)7-16)17-4-1-5-19-11(17)18/h2-3,6H,1,4-5,7,16H2. The van der Waals surface area contributed by atoms with Gasteiger partial charge in [0.25, 0.3) is 0 Å². The van der Waals surface area contributed by atoms with Crippen LogP contribution in [0.25, 0.3) is 0 Å². The van der Waals surface area contributed by atoms with Gasteiger partial charge in [0.15, 0.2) is 0 Å². The SMILES string of the molecule is NCc1ccc(N2CCCOC2=O)cc1C(F)(F)F. The molecule has 1 saturated heterocycles. The number of amides is 1. The van der Waals surface area contributed by atoms with Gasteiger partial charge in [-0.15, -0.1) is 0 Å². The number of nitrogens with zero attached hydrogens (tertiary/aromatic N) is 1. The molecule has 1 amide bonds. The number of rotatable bonds is 2. The molecule has 1 aromatic rings. The van der Waals surface area contributed by atoms with Crippen molar-refractivity contribution >= 4 is 11.8 Å². The summed E-state index contributed by atoms with van der Waals surface area (Å²) in [7, 11) is 0. The third-order valence-corrected chi connectivity index (χ3v) is 2.90. The van der Waals surface area contributed by atoms with Crippen LogP contribution < -0.4 is 10.6 Å². The van der Waals surface area contributed by atoms with Crippen molar-refractivity contribution in [1.29, 1.82) is 0 Å². The van der Waals surface area contributed by atoms with Gasteiger partial charge in [-0.2, -0.15) is 13.2 Å². The smallest absolute Gasteiger partial charge is 0.416 e. The van der Waals surface area contributed by atoms with Crippen LogP contribution in [-0.2, 0) is 17.5 Å². The maximum atomic E-state index is 12.9. The molecule has 1 aliphatic rings. The molecular weight excluding hydrogens is 261 g/mol. The molecule has 0 aliphatic carbocycles. The lowest BCUT2D eigenvalue weighted by atomic mass is 10.1. The van der Waals surface area contributed by atoms with Crippen molar-refractivity contribution < 1.29 is 22.7 Å². The molecule has 0 bridgehead atoms. The van der Waals surface area contributed by atoms with E-state index in [4.69, 9.17) is 10.5 Å². The first-order valence-corrected chi connectivity index (χ1v) is 5.78. The van der Waals surface area contributed by atoms with E-state index in [-0.39, 0.29) is 17.8 Å². The highest BCUT2D eigenvalue weighted by atomic mass is 19.4. The molecular formula is C12H13F3N2O2. The molecule has 0 unspecified atom stereocenters. The first kappa shape index (κ1) is 13.7. The van der Waals surface area contributed by atoms with Crippen LogP contribution in [0, 0.1) is 0 Å². The lowest BCUT2D eigenvalue weighted by Crippen LogP contribution is -2.37. The Morgan fingerprint density at radius 3 is 2.68 bits per heavy atom. The molecule has 0 aromatic heterocycles. The highest BCUT2D eigenvalue weighted by molar-refractivity contribution is 5.88. The fraction of sp³-hybridized carbons (Fsp3) is 0.417. The van der Waals surface area contributed by atoms with Crippen LogP contribution in [0.1, 0.15) is 17.5 Å². The third-order valence-electron chi connectivity index (χ3n) is 2.90. The van der Waals surface area contributed by atoms with Crippen molar-refractivity contribution in [2.75, 3.05) is 18.1 Å². The number of halogens is 3. The molecule has 0 radical (unpaired) electrons. The van der Waals surface area contributed by atoms with E-state index >= 15 is 0 Å². The van der Waals surface area contributed by atoms with Crippen molar-refractivity contribution in [3.05, 3.63) is 29.3 Å². The van der Waals surface area contributed by atoms with Crippen molar-refractivity contribution in [3.8, 4) is 0 Å². The zero-order valence-corrected chi connectivity index (χ0v) is 10.0. The van der Waals surface area contributed by atoms with E-state index in [9.17, 15) is 18.0 Å². The summed E-state index contributed by atoms with van der Waals surface area (Å²) in [5, 5.41) is 0. The Bertz CT molecular complexity index is 488. The number of benzene rings is 1. The average molecular weight is 274 g/mol. The Labute approximate surface area is 107 Å². The normalized spacial score (nSPS) is 16.4. The monoisotopic (exact) mass is 274 g/mol. The van der Waals surface area contributed by atoms with E-state index in [1.807, 2.05) is 0 Å². The molecule has 2 rings (SSSR count). The summed E-state index contributed by atoms with van der Waals surface area (Å²) in [4.78, 5) is 12.7. The van der Waals surface area contributed by atoms with Crippen molar-refractivity contribution in [2.24, 2.45) is 5.73 Å². The second kappa shape index (κ2) is 5.08. The largest absolute Gasteiger partial charge is 0.449 e. The van der Waals surface area contributed by atoms with Gasteiger partial charge in [-0.3, -0.25) is 4.90 Å². The van der Waals surface area contributed by atoms with Gasteiger partial charge >= 0.3 is 12.3 Å². The van der Waals surface area contributed by atoms with Crippen LogP contribution in [0.4, 0.5) is 23.7 Å². The highest BCUT2D eigenvalue weighted by Crippen LogP contribution is 2.35. The van der Waals surface area contributed by atoms with Gasteiger partial charge in [-0.05, 0) is 24.1 Å². The Morgan fingerprint density at radius 2 is 2.11 bits per heavy atom. The van der Waals surface area contributed by atoms with Gasteiger partial charge in [-0.1, -0.05) is 6.07 Å². The predicted molar refractivity (Wildman–Crippen MR) is 62.6 cm³/mol. The number of hydrogen-bond acceptors (Lipinski definition) is 3. The molecule has 104 valence electrons. The van der Waals surface area contributed by atoms with Gasteiger partial charge < -0.3 is 10.5 Å². The lowest BCUT2D eigenvalue weighted by molar-refractivity contribution is -0.138. The minimum atomic E-state index is -4.50. The van der Waals surface area contributed by atoms with Gasteiger partial charge in [0.2, 0.25) is 0 Å². The number of nitrogens with two attached hydrogens (primary N) is 1. The third kappa shape index (κ3) is 2.81. The summed E-state index contributed by atoms with van der Waals surface area (Å²) in [6, 6.07) is 3.68. The summed E-state index contributed by atoms with van der Waals surface area (Å²) in [6.45, 7) is 0.431. The fourth-order valence-electron chi connectivity index (χ4n) is 1.96. The van der Waals surface area contributed by atoms with E-state index in [1.165, 1.54) is 17.0 Å². The fourth-order valence-corrected chi connectivity index (χ4v) is 1.96. The zero-order valence-electron chi connectivity index (χ0n) is 10.0. The number of hydrogen-bond donors (Lipinski definition) is 1. The van der Waals surface area contributed by atoms with E-state index in [0.717, 1.165) is 6.07 Å². The van der Waals surface area contributed by atoms with Crippen molar-refractivity contribution in [1.82, 2.24) is 0 Å². The number of cyclic esters (lactones) is 1. The molecule has 1 fully saturated rings. The summed E-state index contributed by atoms with van der Waals surface area (Å²) in [6.07, 6.45) is -4.53. The first-order valence-electron chi connectivity index (χ1n) is 5.78. The zero-order chi connectivity index (χ0) is 14.0.